The Balaban J connectivity index is 1.92. The van der Waals surface area contributed by atoms with Gasteiger partial charge in [0.05, 0.1) is 5.92 Å². The number of Topliss-reactive ketones (excluding diaryl/α,β-unsaturated/α-hetero) is 1. The van der Waals surface area contributed by atoms with Crippen LogP contribution in [0.4, 0.5) is 0 Å². The molecule has 3 aromatic rings. The number of hydrogen-bond donors (Lipinski definition) is 0. The van der Waals surface area contributed by atoms with E-state index in [-0.39, 0.29) is 17.1 Å². The van der Waals surface area contributed by atoms with Gasteiger partial charge in [-0.05, 0) is 28.5 Å². The van der Waals surface area contributed by atoms with Crippen molar-refractivity contribution >= 4 is 5.78 Å². The molecule has 0 aromatic heterocycles. The van der Waals surface area contributed by atoms with E-state index in [4.69, 9.17) is 0 Å². The molecule has 3 rings (SSSR count). The highest BCUT2D eigenvalue weighted by molar-refractivity contribution is 6.01. The van der Waals surface area contributed by atoms with Crippen LogP contribution in [0.2, 0.25) is 0 Å². The first-order valence-corrected chi connectivity index (χ1v) is 9.19. The van der Waals surface area contributed by atoms with E-state index in [2.05, 4.69) is 57.2 Å². The van der Waals surface area contributed by atoms with Crippen molar-refractivity contribution in [2.45, 2.75) is 38.5 Å². The molecule has 1 atom stereocenters. The summed E-state index contributed by atoms with van der Waals surface area (Å²) in [6.45, 7) is 6.56. The number of carbonyl (C=O) groups is 1. The fraction of sp³-hybridized carbons (Fsp3) is 0.240. The highest BCUT2D eigenvalue weighted by Gasteiger charge is 2.23. The predicted octanol–water partition coefficient (Wildman–Crippen LogP) is 6.19. The van der Waals surface area contributed by atoms with Crippen molar-refractivity contribution < 1.29 is 4.79 Å². The van der Waals surface area contributed by atoms with Gasteiger partial charge in [-0.15, -0.1) is 0 Å². The van der Waals surface area contributed by atoms with Gasteiger partial charge in [0.2, 0.25) is 0 Å². The fourth-order valence-electron chi connectivity index (χ4n) is 3.23. The molecule has 0 fully saturated rings. The number of ketones is 1. The van der Waals surface area contributed by atoms with E-state index in [1.165, 1.54) is 11.1 Å². The number of hydrogen-bond acceptors (Lipinski definition) is 1. The first-order chi connectivity index (χ1) is 12.4. The van der Waals surface area contributed by atoms with Crippen LogP contribution in [0.5, 0.6) is 0 Å². The maximum atomic E-state index is 13.3. The molecule has 0 aliphatic carbocycles. The molecule has 0 aliphatic heterocycles. The van der Waals surface area contributed by atoms with Crippen LogP contribution in [0, 0.1) is 0 Å². The summed E-state index contributed by atoms with van der Waals surface area (Å²) < 4.78 is 0. The Kier molecular flexibility index (Phi) is 5.37. The lowest BCUT2D eigenvalue weighted by molar-refractivity contribution is 0.0959. The van der Waals surface area contributed by atoms with Crippen molar-refractivity contribution in [3.8, 4) is 0 Å². The van der Waals surface area contributed by atoms with Crippen molar-refractivity contribution in [2.24, 2.45) is 0 Å². The molecule has 0 aliphatic rings. The molecular formula is C25H26O. The molecule has 0 heterocycles. The Bertz CT molecular complexity index is 840. The number of benzene rings is 3. The lowest BCUT2D eigenvalue weighted by atomic mass is 9.83. The molecular weight excluding hydrogens is 316 g/mol. The first-order valence-electron chi connectivity index (χ1n) is 9.19. The van der Waals surface area contributed by atoms with Crippen LogP contribution >= 0.6 is 0 Å². The van der Waals surface area contributed by atoms with Crippen LogP contribution < -0.4 is 0 Å². The molecule has 3 aromatic carbocycles. The fourth-order valence-corrected chi connectivity index (χ4v) is 3.23. The minimum absolute atomic E-state index is 0.0877. The minimum atomic E-state index is -0.168. The van der Waals surface area contributed by atoms with Gasteiger partial charge in [-0.1, -0.05) is 106 Å². The van der Waals surface area contributed by atoms with Crippen LogP contribution in [0.1, 0.15) is 53.7 Å². The molecule has 0 saturated heterocycles. The molecule has 0 radical (unpaired) electrons. The normalized spacial score (nSPS) is 12.6. The molecule has 0 spiro atoms. The number of carbonyl (C=O) groups excluding carboxylic acids is 1. The quantitative estimate of drug-likeness (QED) is 0.505. The van der Waals surface area contributed by atoms with Gasteiger partial charge in [0.25, 0.3) is 0 Å². The maximum Gasteiger partial charge on any atom is 0.170 e. The lowest BCUT2D eigenvalue weighted by Gasteiger charge is -2.20. The summed E-state index contributed by atoms with van der Waals surface area (Å²) in [7, 11) is 0. The van der Waals surface area contributed by atoms with Gasteiger partial charge in [-0.2, -0.15) is 0 Å². The van der Waals surface area contributed by atoms with E-state index in [1.807, 2.05) is 48.5 Å². The summed E-state index contributed by atoms with van der Waals surface area (Å²) in [5.41, 5.74) is 4.36. The van der Waals surface area contributed by atoms with Gasteiger partial charge in [-0.25, -0.2) is 0 Å². The topological polar surface area (TPSA) is 17.1 Å². The van der Waals surface area contributed by atoms with E-state index in [0.717, 1.165) is 11.1 Å². The van der Waals surface area contributed by atoms with Gasteiger partial charge in [0.1, 0.15) is 0 Å². The Morgan fingerprint density at radius 3 is 1.85 bits per heavy atom. The van der Waals surface area contributed by atoms with Gasteiger partial charge in [0.15, 0.2) is 5.78 Å². The summed E-state index contributed by atoms with van der Waals surface area (Å²) in [6.07, 6.45) is 0.713. The van der Waals surface area contributed by atoms with Crippen molar-refractivity contribution in [3.05, 3.63) is 107 Å². The largest absolute Gasteiger partial charge is 0.293 e. The van der Waals surface area contributed by atoms with E-state index < -0.39 is 0 Å². The number of rotatable bonds is 5. The first kappa shape index (κ1) is 18.1. The van der Waals surface area contributed by atoms with E-state index >= 15 is 0 Å². The standard InChI is InChI=1S/C25H26O/c1-25(2,3)22-16-14-21(15-17-22)24(26)23(20-12-8-5-9-13-20)18-19-10-6-4-7-11-19/h4-17,23H,18H2,1-3H3. The van der Waals surface area contributed by atoms with E-state index in [9.17, 15) is 4.79 Å². The molecule has 26 heavy (non-hydrogen) atoms. The second-order valence-electron chi connectivity index (χ2n) is 7.84. The third-order valence-corrected chi connectivity index (χ3v) is 4.84. The zero-order valence-electron chi connectivity index (χ0n) is 15.8. The molecule has 132 valence electrons. The Morgan fingerprint density at radius 2 is 1.31 bits per heavy atom. The van der Waals surface area contributed by atoms with Gasteiger partial charge < -0.3 is 0 Å². The molecule has 1 nitrogen and oxygen atoms in total. The van der Waals surface area contributed by atoms with Crippen LogP contribution in [0.15, 0.2) is 84.9 Å². The average Bonchev–Trinajstić information content (AvgIpc) is 2.66. The van der Waals surface area contributed by atoms with Crippen LogP contribution in [0.25, 0.3) is 0 Å². The van der Waals surface area contributed by atoms with E-state index in [1.54, 1.807) is 0 Å². The summed E-state index contributed by atoms with van der Waals surface area (Å²) in [4.78, 5) is 13.3. The Labute approximate surface area is 156 Å². The second kappa shape index (κ2) is 7.70. The summed E-state index contributed by atoms with van der Waals surface area (Å²) in [5, 5.41) is 0. The van der Waals surface area contributed by atoms with Crippen molar-refractivity contribution in [3.63, 3.8) is 0 Å². The Hall–Kier alpha value is -2.67. The predicted molar refractivity (Wildman–Crippen MR) is 109 cm³/mol. The van der Waals surface area contributed by atoms with Gasteiger partial charge in [-0.3, -0.25) is 4.79 Å². The van der Waals surface area contributed by atoms with Crippen molar-refractivity contribution in [1.82, 2.24) is 0 Å². The van der Waals surface area contributed by atoms with Crippen LogP contribution in [-0.2, 0) is 11.8 Å². The summed E-state index contributed by atoms with van der Waals surface area (Å²) in [6, 6.07) is 28.5. The molecule has 0 saturated carbocycles. The second-order valence-corrected chi connectivity index (χ2v) is 7.84. The molecule has 1 unspecified atom stereocenters. The van der Waals surface area contributed by atoms with Crippen molar-refractivity contribution in [2.75, 3.05) is 0 Å². The zero-order chi connectivity index (χ0) is 18.6. The van der Waals surface area contributed by atoms with Crippen LogP contribution in [-0.4, -0.2) is 5.78 Å². The summed E-state index contributed by atoms with van der Waals surface area (Å²) >= 11 is 0. The molecule has 0 amide bonds. The highest BCUT2D eigenvalue weighted by Crippen LogP contribution is 2.27. The maximum absolute atomic E-state index is 13.3. The summed E-state index contributed by atoms with van der Waals surface area (Å²) in [5.74, 6) is 0.0135. The van der Waals surface area contributed by atoms with Crippen LogP contribution in [0.3, 0.4) is 0 Å². The zero-order valence-corrected chi connectivity index (χ0v) is 15.8. The minimum Gasteiger partial charge on any atom is -0.293 e. The smallest absolute Gasteiger partial charge is 0.170 e. The molecule has 1 heteroatoms. The highest BCUT2D eigenvalue weighted by atomic mass is 16.1. The SMILES string of the molecule is CC(C)(C)c1ccc(C(=O)C(Cc2ccccc2)c2ccccc2)cc1. The molecule has 0 N–H and O–H groups in total. The lowest BCUT2D eigenvalue weighted by Crippen LogP contribution is -2.17. The van der Waals surface area contributed by atoms with E-state index in [0.29, 0.717) is 6.42 Å². The average molecular weight is 342 g/mol. The third kappa shape index (κ3) is 4.29. The van der Waals surface area contributed by atoms with Gasteiger partial charge in [0, 0.05) is 5.56 Å². The third-order valence-electron chi connectivity index (χ3n) is 4.84. The Morgan fingerprint density at radius 1 is 0.769 bits per heavy atom. The molecule has 0 bridgehead atoms. The monoisotopic (exact) mass is 342 g/mol. The van der Waals surface area contributed by atoms with Gasteiger partial charge >= 0.3 is 0 Å². The van der Waals surface area contributed by atoms with Crippen molar-refractivity contribution in [1.29, 1.82) is 0 Å².